The summed E-state index contributed by atoms with van der Waals surface area (Å²) >= 11 is 0. The molecule has 7 heteroatoms. The van der Waals surface area contributed by atoms with Crippen molar-refractivity contribution >= 4 is 17.6 Å². The number of rotatable bonds is 5. The number of esters is 2. The molecule has 110 valence electrons. The Morgan fingerprint density at radius 2 is 1.90 bits per heavy atom. The van der Waals surface area contributed by atoms with Crippen LogP contribution in [0.1, 0.15) is 28.4 Å². The van der Waals surface area contributed by atoms with Gasteiger partial charge in [0, 0.05) is 5.69 Å². The number of carbonyl (C=O) groups excluding carboxylic acids is 2. The van der Waals surface area contributed by atoms with Crippen LogP contribution in [0.3, 0.4) is 0 Å². The number of ether oxygens (including phenoxy) is 2. The number of anilines is 1. The maximum Gasteiger partial charge on any atom is 0.338 e. The van der Waals surface area contributed by atoms with E-state index in [1.165, 1.54) is 32.4 Å². The van der Waals surface area contributed by atoms with Crippen molar-refractivity contribution < 1.29 is 29.3 Å². The zero-order chi connectivity index (χ0) is 15.3. The molecule has 0 aliphatic rings. The molecule has 0 amide bonds. The van der Waals surface area contributed by atoms with E-state index in [0.717, 1.165) is 0 Å². The van der Waals surface area contributed by atoms with Gasteiger partial charge < -0.3 is 25.4 Å². The maximum atomic E-state index is 11.6. The molecule has 0 saturated carbocycles. The zero-order valence-corrected chi connectivity index (χ0v) is 11.2. The Kier molecular flexibility index (Phi) is 5.48. The highest BCUT2D eigenvalue weighted by Gasteiger charge is 2.26. The topological polar surface area (TPSA) is 119 Å². The molecule has 2 unspecified atom stereocenters. The third kappa shape index (κ3) is 3.69. The lowest BCUT2D eigenvalue weighted by molar-refractivity contribution is -0.144. The molecule has 1 aromatic rings. The Balaban J connectivity index is 3.05. The van der Waals surface area contributed by atoms with Gasteiger partial charge in [0.15, 0.2) is 0 Å². The number of aliphatic hydroxyl groups excluding tert-OH is 2. The predicted octanol–water partition coefficient (Wildman–Crippen LogP) is 0.0128. The largest absolute Gasteiger partial charge is 0.469 e. The molecule has 0 heterocycles. The van der Waals surface area contributed by atoms with Crippen LogP contribution in [0.4, 0.5) is 5.69 Å². The first kappa shape index (κ1) is 15.9. The molecule has 20 heavy (non-hydrogen) atoms. The van der Waals surface area contributed by atoms with Crippen LogP contribution in [0, 0.1) is 0 Å². The number of nitrogens with two attached hydrogens (primary N) is 1. The summed E-state index contributed by atoms with van der Waals surface area (Å²) in [5, 5.41) is 19.8. The van der Waals surface area contributed by atoms with E-state index in [9.17, 15) is 19.8 Å². The number of benzene rings is 1. The highest BCUT2D eigenvalue weighted by molar-refractivity contribution is 5.92. The summed E-state index contributed by atoms with van der Waals surface area (Å²) in [5.41, 5.74) is 6.04. The van der Waals surface area contributed by atoms with Gasteiger partial charge in [-0.1, -0.05) is 6.07 Å². The van der Waals surface area contributed by atoms with E-state index in [-0.39, 0.29) is 11.1 Å². The predicted molar refractivity (Wildman–Crippen MR) is 69.8 cm³/mol. The van der Waals surface area contributed by atoms with Crippen molar-refractivity contribution in [1.29, 1.82) is 0 Å². The summed E-state index contributed by atoms with van der Waals surface area (Å²) in [4.78, 5) is 22.7. The Morgan fingerprint density at radius 1 is 1.25 bits per heavy atom. The van der Waals surface area contributed by atoms with E-state index < -0.39 is 30.6 Å². The second-order valence-corrected chi connectivity index (χ2v) is 4.13. The summed E-state index contributed by atoms with van der Waals surface area (Å²) in [6.07, 6.45) is -3.25. The molecule has 7 nitrogen and oxygen atoms in total. The van der Waals surface area contributed by atoms with Crippen LogP contribution >= 0.6 is 0 Å². The average Bonchev–Trinajstić information content (AvgIpc) is 2.45. The lowest BCUT2D eigenvalue weighted by Gasteiger charge is -2.19. The van der Waals surface area contributed by atoms with Crippen LogP contribution in [0.15, 0.2) is 18.2 Å². The summed E-state index contributed by atoms with van der Waals surface area (Å²) in [7, 11) is 2.36. The van der Waals surface area contributed by atoms with Crippen molar-refractivity contribution in [3.05, 3.63) is 29.3 Å². The van der Waals surface area contributed by atoms with Crippen LogP contribution in [-0.2, 0) is 14.3 Å². The molecule has 0 aliphatic carbocycles. The first-order valence-corrected chi connectivity index (χ1v) is 5.81. The van der Waals surface area contributed by atoms with Crippen molar-refractivity contribution in [2.24, 2.45) is 0 Å². The lowest BCUT2D eigenvalue weighted by atomic mass is 9.96. The molecular formula is C13H17NO6. The van der Waals surface area contributed by atoms with Crippen molar-refractivity contribution in [2.75, 3.05) is 20.0 Å². The fourth-order valence-electron chi connectivity index (χ4n) is 1.69. The first-order valence-electron chi connectivity index (χ1n) is 5.81. The van der Waals surface area contributed by atoms with E-state index in [4.69, 9.17) is 5.73 Å². The van der Waals surface area contributed by atoms with Crippen molar-refractivity contribution in [3.63, 3.8) is 0 Å². The van der Waals surface area contributed by atoms with E-state index in [1.54, 1.807) is 0 Å². The van der Waals surface area contributed by atoms with Gasteiger partial charge in [0.05, 0.1) is 32.3 Å². The van der Waals surface area contributed by atoms with E-state index in [2.05, 4.69) is 9.47 Å². The number of aliphatic hydroxyl groups is 2. The fraction of sp³-hybridized carbons (Fsp3) is 0.385. The number of methoxy groups -OCH3 is 2. The fourth-order valence-corrected chi connectivity index (χ4v) is 1.69. The van der Waals surface area contributed by atoms with E-state index in [0.29, 0.717) is 5.69 Å². The third-order valence-electron chi connectivity index (χ3n) is 2.77. The van der Waals surface area contributed by atoms with Gasteiger partial charge in [-0.15, -0.1) is 0 Å². The van der Waals surface area contributed by atoms with Crippen LogP contribution in [0.2, 0.25) is 0 Å². The van der Waals surface area contributed by atoms with Gasteiger partial charge in [-0.3, -0.25) is 4.79 Å². The van der Waals surface area contributed by atoms with Gasteiger partial charge in [0.2, 0.25) is 0 Å². The minimum absolute atomic E-state index is 0.0314. The maximum absolute atomic E-state index is 11.6. The molecule has 0 aliphatic heterocycles. The molecule has 4 N–H and O–H groups in total. The van der Waals surface area contributed by atoms with Gasteiger partial charge in [0.1, 0.15) is 6.10 Å². The molecule has 0 fully saturated rings. The number of hydrogen-bond donors (Lipinski definition) is 3. The molecule has 0 bridgehead atoms. The number of hydrogen-bond acceptors (Lipinski definition) is 7. The molecule has 2 atom stereocenters. The summed E-state index contributed by atoms with van der Waals surface area (Å²) < 4.78 is 8.99. The van der Waals surface area contributed by atoms with Gasteiger partial charge in [-0.25, -0.2) is 4.79 Å². The van der Waals surface area contributed by atoms with Gasteiger partial charge in [0.25, 0.3) is 0 Å². The monoisotopic (exact) mass is 283 g/mol. The molecule has 1 rings (SSSR count). The molecular weight excluding hydrogens is 266 g/mol. The third-order valence-corrected chi connectivity index (χ3v) is 2.77. The standard InChI is InChI=1S/C13H17NO6/c1-19-11(16)6-10(15)12(17)8-4-3-7(14)5-9(8)13(18)20-2/h3-5,10,12,15,17H,6,14H2,1-2H3. The van der Waals surface area contributed by atoms with E-state index in [1.807, 2.05) is 0 Å². The second-order valence-electron chi connectivity index (χ2n) is 4.13. The molecule has 0 saturated heterocycles. The number of nitrogen functional groups attached to an aromatic ring is 1. The number of carbonyl (C=O) groups is 2. The normalized spacial score (nSPS) is 13.4. The minimum Gasteiger partial charge on any atom is -0.469 e. The van der Waals surface area contributed by atoms with Crippen LogP contribution < -0.4 is 5.73 Å². The Hall–Kier alpha value is -2.12. The van der Waals surface area contributed by atoms with Crippen LogP contribution in [-0.4, -0.2) is 42.5 Å². The van der Waals surface area contributed by atoms with Crippen LogP contribution in [0.25, 0.3) is 0 Å². The second kappa shape index (κ2) is 6.88. The smallest absolute Gasteiger partial charge is 0.338 e. The van der Waals surface area contributed by atoms with Crippen molar-refractivity contribution in [2.45, 2.75) is 18.6 Å². The van der Waals surface area contributed by atoms with Gasteiger partial charge in [-0.2, -0.15) is 0 Å². The molecule has 0 radical (unpaired) electrons. The molecule has 1 aromatic carbocycles. The van der Waals surface area contributed by atoms with Crippen LogP contribution in [0.5, 0.6) is 0 Å². The highest BCUT2D eigenvalue weighted by atomic mass is 16.5. The average molecular weight is 283 g/mol. The molecule has 0 aromatic heterocycles. The summed E-state index contributed by atoms with van der Waals surface area (Å²) in [6, 6.07) is 4.19. The summed E-state index contributed by atoms with van der Waals surface area (Å²) in [6.45, 7) is 0. The molecule has 0 spiro atoms. The van der Waals surface area contributed by atoms with Gasteiger partial charge >= 0.3 is 11.9 Å². The minimum atomic E-state index is -1.44. The SMILES string of the molecule is COC(=O)CC(O)C(O)c1ccc(N)cc1C(=O)OC. The zero-order valence-electron chi connectivity index (χ0n) is 11.2. The summed E-state index contributed by atoms with van der Waals surface area (Å²) in [5.74, 6) is -1.37. The Labute approximate surface area is 115 Å². The Morgan fingerprint density at radius 3 is 2.45 bits per heavy atom. The lowest BCUT2D eigenvalue weighted by Crippen LogP contribution is -2.24. The highest BCUT2D eigenvalue weighted by Crippen LogP contribution is 2.25. The van der Waals surface area contributed by atoms with Crippen molar-refractivity contribution in [3.8, 4) is 0 Å². The quantitative estimate of drug-likeness (QED) is 0.514. The van der Waals surface area contributed by atoms with Crippen molar-refractivity contribution in [1.82, 2.24) is 0 Å². The first-order chi connectivity index (χ1) is 9.40. The van der Waals surface area contributed by atoms with Gasteiger partial charge in [-0.05, 0) is 17.7 Å². The Bertz CT molecular complexity index is 502. The van der Waals surface area contributed by atoms with E-state index >= 15 is 0 Å².